The van der Waals surface area contributed by atoms with Gasteiger partial charge in [0.2, 0.25) is 0 Å². The van der Waals surface area contributed by atoms with E-state index in [4.69, 9.17) is 0 Å². The molecule has 2 fully saturated rings. The predicted molar refractivity (Wildman–Crippen MR) is 97.5 cm³/mol. The van der Waals surface area contributed by atoms with E-state index in [1.807, 2.05) is 19.1 Å². The van der Waals surface area contributed by atoms with Crippen LogP contribution >= 0.6 is 0 Å². The lowest BCUT2D eigenvalue weighted by molar-refractivity contribution is 0.413. The molecule has 0 aliphatic heterocycles. The molecule has 1 N–H and O–H groups in total. The van der Waals surface area contributed by atoms with E-state index < -0.39 is 10.0 Å². The summed E-state index contributed by atoms with van der Waals surface area (Å²) in [6.07, 6.45) is 6.11. The fourth-order valence-corrected chi connectivity index (χ4v) is 5.10. The van der Waals surface area contributed by atoms with Gasteiger partial charge in [0.25, 0.3) is 10.0 Å². The van der Waals surface area contributed by atoms with Crippen molar-refractivity contribution in [2.75, 3.05) is 0 Å². The minimum absolute atomic E-state index is 0.277. The predicted octanol–water partition coefficient (Wildman–Crippen LogP) is 4.29. The van der Waals surface area contributed by atoms with Crippen molar-refractivity contribution in [1.82, 2.24) is 4.83 Å². The van der Waals surface area contributed by atoms with Gasteiger partial charge in [-0.25, -0.2) is 4.83 Å². The fraction of sp³-hybridized carbons (Fsp3) is 0.632. The van der Waals surface area contributed by atoms with Crippen LogP contribution in [0.3, 0.4) is 0 Å². The van der Waals surface area contributed by atoms with Crippen LogP contribution in [0.5, 0.6) is 0 Å². The molecule has 3 rings (SSSR count). The van der Waals surface area contributed by atoms with Gasteiger partial charge < -0.3 is 0 Å². The lowest BCUT2D eigenvalue weighted by Gasteiger charge is -2.21. The number of benzene rings is 1. The van der Waals surface area contributed by atoms with Crippen LogP contribution in [-0.2, 0) is 10.0 Å². The third-order valence-electron chi connectivity index (χ3n) is 5.99. The summed E-state index contributed by atoms with van der Waals surface area (Å²) in [5.74, 6) is 2.43. The summed E-state index contributed by atoms with van der Waals surface area (Å²) in [4.78, 5) is 2.71. The van der Waals surface area contributed by atoms with E-state index in [2.05, 4.69) is 23.8 Å². The molecule has 1 aromatic carbocycles. The van der Waals surface area contributed by atoms with Crippen molar-refractivity contribution in [2.24, 2.45) is 22.9 Å². The highest BCUT2D eigenvalue weighted by molar-refractivity contribution is 7.89. The van der Waals surface area contributed by atoms with Gasteiger partial charge in [0, 0.05) is 11.6 Å². The van der Waals surface area contributed by atoms with Crippen LogP contribution in [0.25, 0.3) is 0 Å². The van der Waals surface area contributed by atoms with Crippen LogP contribution in [0.1, 0.15) is 64.4 Å². The fourth-order valence-electron chi connectivity index (χ4n) is 4.24. The molecule has 1 aromatic rings. The summed E-state index contributed by atoms with van der Waals surface area (Å²) >= 11 is 0. The molecule has 2 aliphatic rings. The largest absolute Gasteiger partial charge is 0.276 e. The van der Waals surface area contributed by atoms with E-state index in [-0.39, 0.29) is 4.90 Å². The number of nitrogens with zero attached hydrogens (tertiary/aromatic N) is 1. The summed E-state index contributed by atoms with van der Waals surface area (Å²) in [6.45, 7) is 6.23. The smallest absolute Gasteiger partial charge is 0.200 e. The second kappa shape index (κ2) is 6.87. The van der Waals surface area contributed by atoms with Crippen LogP contribution in [-0.4, -0.2) is 14.1 Å². The van der Waals surface area contributed by atoms with Gasteiger partial charge in [0.1, 0.15) is 0 Å². The van der Waals surface area contributed by atoms with Gasteiger partial charge in [-0.3, -0.25) is 0 Å². The number of hydrazone groups is 1. The Balaban J connectivity index is 1.68. The third-order valence-corrected chi connectivity index (χ3v) is 7.21. The molecule has 4 unspecified atom stereocenters. The topological polar surface area (TPSA) is 58.5 Å². The molecule has 5 heteroatoms. The Hall–Kier alpha value is -1.36. The van der Waals surface area contributed by atoms with Gasteiger partial charge in [-0.2, -0.15) is 13.5 Å². The summed E-state index contributed by atoms with van der Waals surface area (Å²) in [6, 6.07) is 7.14. The molecule has 2 bridgehead atoms. The molecule has 2 saturated carbocycles. The molecule has 132 valence electrons. The Bertz CT molecular complexity index is 709. The van der Waals surface area contributed by atoms with Crippen molar-refractivity contribution < 1.29 is 8.42 Å². The van der Waals surface area contributed by atoms with E-state index in [9.17, 15) is 8.42 Å². The monoisotopic (exact) mass is 348 g/mol. The zero-order chi connectivity index (χ0) is 17.3. The molecule has 0 heterocycles. The van der Waals surface area contributed by atoms with Gasteiger partial charge in [-0.15, -0.1) is 0 Å². The quantitative estimate of drug-likeness (QED) is 0.616. The number of hydrogen-bond acceptors (Lipinski definition) is 3. The van der Waals surface area contributed by atoms with Gasteiger partial charge in [-0.05, 0) is 68.1 Å². The van der Waals surface area contributed by atoms with E-state index in [0.29, 0.717) is 17.8 Å². The van der Waals surface area contributed by atoms with Crippen molar-refractivity contribution in [3.8, 4) is 0 Å². The Labute approximate surface area is 145 Å². The zero-order valence-electron chi connectivity index (χ0n) is 14.8. The standard InChI is InChI=1S/C19H28N2O2S/c1-4-13(2)16-7-9-18(10-8-16)24(22,23)21-20-14(3)19-12-15-5-6-17(19)11-15/h7-10,13,15,17,19,21H,4-6,11-12H2,1-3H3/b20-14-. The SMILES string of the molecule is CCC(C)c1ccc(S(=O)(=O)N/N=C(/C)C2CC3CCC2C3)cc1. The maximum absolute atomic E-state index is 12.4. The van der Waals surface area contributed by atoms with Crippen LogP contribution in [0, 0.1) is 17.8 Å². The number of nitrogens with one attached hydrogen (secondary N) is 1. The Morgan fingerprint density at radius 2 is 1.96 bits per heavy atom. The Morgan fingerprint density at radius 1 is 1.25 bits per heavy atom. The Kier molecular flexibility index (Phi) is 5.00. The molecule has 0 amide bonds. The van der Waals surface area contributed by atoms with Crippen molar-refractivity contribution in [1.29, 1.82) is 0 Å². The molecule has 0 saturated heterocycles. The second-order valence-corrected chi connectivity index (χ2v) is 9.17. The summed E-state index contributed by atoms with van der Waals surface area (Å²) in [5.41, 5.74) is 2.10. The number of sulfonamides is 1. The van der Waals surface area contributed by atoms with Crippen LogP contribution in [0.2, 0.25) is 0 Å². The van der Waals surface area contributed by atoms with Gasteiger partial charge in [0.15, 0.2) is 0 Å². The molecule has 2 aliphatic carbocycles. The molecule has 4 nitrogen and oxygen atoms in total. The van der Waals surface area contributed by atoms with Crippen molar-refractivity contribution >= 4 is 15.7 Å². The first-order valence-corrected chi connectivity index (χ1v) is 10.5. The number of rotatable bonds is 6. The summed E-state index contributed by atoms with van der Waals surface area (Å²) in [5, 5.41) is 4.23. The lowest BCUT2D eigenvalue weighted by Crippen LogP contribution is -2.24. The average Bonchev–Trinajstić information content (AvgIpc) is 3.22. The summed E-state index contributed by atoms with van der Waals surface area (Å²) in [7, 11) is -3.58. The van der Waals surface area contributed by atoms with Crippen LogP contribution in [0.4, 0.5) is 0 Å². The first-order valence-electron chi connectivity index (χ1n) is 9.06. The van der Waals surface area contributed by atoms with Crippen molar-refractivity contribution in [3.05, 3.63) is 29.8 Å². The van der Waals surface area contributed by atoms with Gasteiger partial charge in [0.05, 0.1) is 4.90 Å². The molecular formula is C19H28N2O2S. The minimum Gasteiger partial charge on any atom is -0.200 e. The van der Waals surface area contributed by atoms with Gasteiger partial charge >= 0.3 is 0 Å². The van der Waals surface area contributed by atoms with Crippen molar-refractivity contribution in [3.63, 3.8) is 0 Å². The second-order valence-electron chi connectivity index (χ2n) is 7.51. The maximum Gasteiger partial charge on any atom is 0.276 e. The average molecular weight is 349 g/mol. The maximum atomic E-state index is 12.4. The highest BCUT2D eigenvalue weighted by Crippen LogP contribution is 2.48. The number of hydrogen-bond donors (Lipinski definition) is 1. The summed E-state index contributed by atoms with van der Waals surface area (Å²) < 4.78 is 24.9. The normalized spacial score (nSPS) is 28.1. The highest BCUT2D eigenvalue weighted by atomic mass is 32.2. The molecule has 4 atom stereocenters. The van der Waals surface area contributed by atoms with E-state index in [1.54, 1.807) is 12.1 Å². The van der Waals surface area contributed by atoms with Crippen LogP contribution in [0.15, 0.2) is 34.3 Å². The molecule has 24 heavy (non-hydrogen) atoms. The first-order chi connectivity index (χ1) is 11.4. The molecule has 0 spiro atoms. The minimum atomic E-state index is -3.58. The highest BCUT2D eigenvalue weighted by Gasteiger charge is 2.40. The van der Waals surface area contributed by atoms with Crippen molar-refractivity contribution in [2.45, 2.75) is 63.7 Å². The first kappa shape index (κ1) is 17.5. The molecule has 0 aromatic heterocycles. The third kappa shape index (κ3) is 3.51. The van der Waals surface area contributed by atoms with E-state index in [1.165, 1.54) is 25.7 Å². The van der Waals surface area contributed by atoms with Crippen LogP contribution < -0.4 is 4.83 Å². The van der Waals surface area contributed by atoms with E-state index >= 15 is 0 Å². The van der Waals surface area contributed by atoms with Gasteiger partial charge in [-0.1, -0.05) is 32.4 Å². The molecule has 0 radical (unpaired) electrons. The number of fused-ring (bicyclic) bond motifs is 2. The lowest BCUT2D eigenvalue weighted by atomic mass is 9.86. The zero-order valence-corrected chi connectivity index (χ0v) is 15.6. The van der Waals surface area contributed by atoms with E-state index in [0.717, 1.165) is 23.6 Å². The molecular weight excluding hydrogens is 320 g/mol. The Morgan fingerprint density at radius 3 is 2.50 bits per heavy atom.